The predicted octanol–water partition coefficient (Wildman–Crippen LogP) is 0.876. The zero-order valence-corrected chi connectivity index (χ0v) is 9.32. The van der Waals surface area contributed by atoms with Crippen LogP contribution in [-0.4, -0.2) is 33.8 Å². The lowest BCUT2D eigenvalue weighted by Crippen LogP contribution is -2.35. The van der Waals surface area contributed by atoms with Crippen molar-refractivity contribution in [3.63, 3.8) is 0 Å². The van der Waals surface area contributed by atoms with Gasteiger partial charge in [-0.2, -0.15) is 5.10 Å². The lowest BCUT2D eigenvalue weighted by molar-refractivity contribution is 0.217. The Morgan fingerprint density at radius 2 is 2.20 bits per heavy atom. The smallest absolute Gasteiger partial charge is 0.323 e. The van der Waals surface area contributed by atoms with E-state index in [4.69, 9.17) is 5.73 Å². The van der Waals surface area contributed by atoms with E-state index in [2.05, 4.69) is 10.4 Å². The van der Waals surface area contributed by atoms with Gasteiger partial charge in [0.25, 0.3) is 0 Å². The second-order valence-electron chi connectivity index (χ2n) is 3.17. The lowest BCUT2D eigenvalue weighted by Gasteiger charge is -2.19. The van der Waals surface area contributed by atoms with Gasteiger partial charge in [-0.3, -0.25) is 10.00 Å². The third kappa shape index (κ3) is 2.39. The van der Waals surface area contributed by atoms with Crippen LogP contribution in [0.25, 0.3) is 0 Å². The quantitative estimate of drug-likeness (QED) is 0.779. The highest BCUT2D eigenvalue weighted by Gasteiger charge is 2.13. The highest BCUT2D eigenvalue weighted by atomic mass is 16.2. The molecule has 1 aromatic heterocycles. The molecule has 1 heterocycles. The minimum Gasteiger partial charge on any atom is -0.394 e. The molecule has 84 valence electrons. The molecule has 1 rings (SSSR count). The van der Waals surface area contributed by atoms with E-state index in [-0.39, 0.29) is 6.03 Å². The summed E-state index contributed by atoms with van der Waals surface area (Å²) in [4.78, 5) is 13.4. The minimum atomic E-state index is -0.157. The van der Waals surface area contributed by atoms with E-state index in [0.29, 0.717) is 24.6 Å². The minimum absolute atomic E-state index is 0.157. The van der Waals surface area contributed by atoms with E-state index in [1.54, 1.807) is 11.9 Å². The van der Waals surface area contributed by atoms with Crippen LogP contribution in [0.1, 0.15) is 13.8 Å². The van der Waals surface area contributed by atoms with Crippen LogP contribution < -0.4 is 11.1 Å². The molecule has 2 amide bonds. The van der Waals surface area contributed by atoms with Gasteiger partial charge >= 0.3 is 6.03 Å². The van der Waals surface area contributed by atoms with Gasteiger partial charge in [-0.25, -0.2) is 4.79 Å². The standard InChI is InChI=1S/C9H17N5O/c1-4-14(5-2)9(15)12-8-7(10)6-11-13(8)3/h6H,4-5,10H2,1-3H3,(H,12,15). The van der Waals surface area contributed by atoms with Crippen molar-refractivity contribution in [2.24, 2.45) is 7.05 Å². The molecule has 1 aromatic rings. The first-order valence-electron chi connectivity index (χ1n) is 4.93. The first-order chi connectivity index (χ1) is 7.10. The Morgan fingerprint density at radius 3 is 2.60 bits per heavy atom. The molecule has 3 N–H and O–H groups in total. The lowest BCUT2D eigenvalue weighted by atomic mass is 10.5. The van der Waals surface area contributed by atoms with Crippen molar-refractivity contribution >= 4 is 17.5 Å². The molecule has 0 atom stereocenters. The number of nitrogens with zero attached hydrogens (tertiary/aromatic N) is 3. The predicted molar refractivity (Wildman–Crippen MR) is 59.6 cm³/mol. The summed E-state index contributed by atoms with van der Waals surface area (Å²) in [6.45, 7) is 5.19. The summed E-state index contributed by atoms with van der Waals surface area (Å²) in [6, 6.07) is -0.157. The van der Waals surface area contributed by atoms with E-state index in [1.165, 1.54) is 10.9 Å². The molecule has 0 radical (unpaired) electrons. The monoisotopic (exact) mass is 211 g/mol. The fourth-order valence-corrected chi connectivity index (χ4v) is 1.30. The molecule has 0 aromatic carbocycles. The third-order valence-corrected chi connectivity index (χ3v) is 2.24. The Balaban J connectivity index is 2.74. The van der Waals surface area contributed by atoms with Crippen molar-refractivity contribution in [2.75, 3.05) is 24.1 Å². The number of anilines is 2. The van der Waals surface area contributed by atoms with Gasteiger partial charge in [-0.1, -0.05) is 0 Å². The van der Waals surface area contributed by atoms with Crippen LogP contribution in [-0.2, 0) is 7.05 Å². The topological polar surface area (TPSA) is 76.2 Å². The Bertz CT molecular complexity index is 323. The molecule has 0 aliphatic rings. The number of amides is 2. The Kier molecular flexibility index (Phi) is 3.54. The molecule has 15 heavy (non-hydrogen) atoms. The summed E-state index contributed by atoms with van der Waals surface area (Å²) in [5.41, 5.74) is 6.13. The first-order valence-corrected chi connectivity index (χ1v) is 4.93. The molecule has 0 aliphatic carbocycles. The maximum absolute atomic E-state index is 11.7. The van der Waals surface area contributed by atoms with Crippen LogP contribution in [0.3, 0.4) is 0 Å². The number of urea groups is 1. The summed E-state index contributed by atoms with van der Waals surface area (Å²) < 4.78 is 1.54. The van der Waals surface area contributed by atoms with Crippen molar-refractivity contribution in [2.45, 2.75) is 13.8 Å². The Morgan fingerprint density at radius 1 is 1.60 bits per heavy atom. The SMILES string of the molecule is CCN(CC)C(=O)Nc1c(N)cnn1C. The zero-order chi connectivity index (χ0) is 11.4. The molecule has 0 fully saturated rings. The molecule has 0 unspecified atom stereocenters. The Hall–Kier alpha value is -1.72. The van der Waals surface area contributed by atoms with E-state index in [0.717, 1.165) is 0 Å². The second-order valence-corrected chi connectivity index (χ2v) is 3.17. The van der Waals surface area contributed by atoms with E-state index in [9.17, 15) is 4.79 Å². The fraction of sp³-hybridized carbons (Fsp3) is 0.556. The molecule has 6 nitrogen and oxygen atoms in total. The summed E-state index contributed by atoms with van der Waals surface area (Å²) >= 11 is 0. The van der Waals surface area contributed by atoms with E-state index in [1.807, 2.05) is 13.8 Å². The number of hydrogen-bond acceptors (Lipinski definition) is 3. The highest BCUT2D eigenvalue weighted by Crippen LogP contribution is 2.16. The molecular weight excluding hydrogens is 194 g/mol. The molecule has 0 spiro atoms. The van der Waals surface area contributed by atoms with Gasteiger partial charge in [0, 0.05) is 20.1 Å². The maximum atomic E-state index is 11.7. The van der Waals surface area contributed by atoms with Gasteiger partial charge in [-0.05, 0) is 13.8 Å². The van der Waals surface area contributed by atoms with Crippen LogP contribution in [0.4, 0.5) is 16.3 Å². The molecule has 0 aliphatic heterocycles. The Labute approximate surface area is 89.0 Å². The van der Waals surface area contributed by atoms with E-state index >= 15 is 0 Å². The van der Waals surface area contributed by atoms with Crippen LogP contribution in [0, 0.1) is 0 Å². The number of carbonyl (C=O) groups is 1. The van der Waals surface area contributed by atoms with Crippen LogP contribution in [0.15, 0.2) is 6.20 Å². The number of carbonyl (C=O) groups excluding carboxylic acids is 1. The first kappa shape index (κ1) is 11.4. The van der Waals surface area contributed by atoms with Gasteiger partial charge in [-0.15, -0.1) is 0 Å². The largest absolute Gasteiger partial charge is 0.394 e. The van der Waals surface area contributed by atoms with Gasteiger partial charge in [0.05, 0.1) is 11.9 Å². The molecular formula is C9H17N5O. The van der Waals surface area contributed by atoms with Gasteiger partial charge in [0.1, 0.15) is 0 Å². The van der Waals surface area contributed by atoms with Gasteiger partial charge in [0.2, 0.25) is 0 Å². The van der Waals surface area contributed by atoms with Crippen LogP contribution >= 0.6 is 0 Å². The fourth-order valence-electron chi connectivity index (χ4n) is 1.30. The number of nitrogens with two attached hydrogens (primary N) is 1. The number of aryl methyl sites for hydroxylation is 1. The van der Waals surface area contributed by atoms with Crippen molar-refractivity contribution in [1.29, 1.82) is 0 Å². The number of aromatic nitrogens is 2. The molecule has 0 saturated heterocycles. The summed E-state index contributed by atoms with van der Waals surface area (Å²) in [7, 11) is 1.73. The van der Waals surface area contributed by atoms with E-state index < -0.39 is 0 Å². The normalized spacial score (nSPS) is 10.1. The van der Waals surface area contributed by atoms with Crippen LogP contribution in [0.2, 0.25) is 0 Å². The number of nitrogen functional groups attached to an aromatic ring is 1. The third-order valence-electron chi connectivity index (χ3n) is 2.24. The van der Waals surface area contributed by atoms with Crippen LogP contribution in [0.5, 0.6) is 0 Å². The highest BCUT2D eigenvalue weighted by molar-refractivity contribution is 5.91. The van der Waals surface area contributed by atoms with Crippen molar-refractivity contribution in [3.8, 4) is 0 Å². The average Bonchev–Trinajstić information content (AvgIpc) is 2.51. The van der Waals surface area contributed by atoms with Crippen molar-refractivity contribution in [1.82, 2.24) is 14.7 Å². The second kappa shape index (κ2) is 4.68. The summed E-state index contributed by atoms with van der Waals surface area (Å²) in [5.74, 6) is 0.534. The molecule has 0 bridgehead atoms. The molecule has 6 heteroatoms. The van der Waals surface area contributed by atoms with Gasteiger partial charge < -0.3 is 10.6 Å². The number of hydrogen-bond donors (Lipinski definition) is 2. The van der Waals surface area contributed by atoms with Gasteiger partial charge in [0.15, 0.2) is 5.82 Å². The maximum Gasteiger partial charge on any atom is 0.323 e. The van der Waals surface area contributed by atoms with Crippen molar-refractivity contribution in [3.05, 3.63) is 6.20 Å². The summed E-state index contributed by atoms with van der Waals surface area (Å²) in [6.07, 6.45) is 1.51. The average molecular weight is 211 g/mol. The zero-order valence-electron chi connectivity index (χ0n) is 9.32. The number of nitrogens with one attached hydrogen (secondary N) is 1. The summed E-state index contributed by atoms with van der Waals surface area (Å²) in [5, 5.41) is 6.66. The molecule has 0 saturated carbocycles. The van der Waals surface area contributed by atoms with Crippen molar-refractivity contribution < 1.29 is 4.79 Å². The number of rotatable bonds is 3.